The SMILES string of the molecule is CC1CCC(CCN2C(=O)NC(=O)C3(CC3)C2=O)CC1. The van der Waals surface area contributed by atoms with Crippen molar-refractivity contribution in [1.82, 2.24) is 10.2 Å². The van der Waals surface area contributed by atoms with Gasteiger partial charge in [-0.15, -0.1) is 0 Å². The number of urea groups is 1. The molecule has 5 nitrogen and oxygen atoms in total. The molecule has 0 unspecified atom stereocenters. The number of carbonyl (C=O) groups is 3. The minimum Gasteiger partial charge on any atom is -0.277 e. The van der Waals surface area contributed by atoms with Gasteiger partial charge >= 0.3 is 6.03 Å². The van der Waals surface area contributed by atoms with Crippen LogP contribution in [0.1, 0.15) is 51.9 Å². The van der Waals surface area contributed by atoms with Gasteiger partial charge in [0.25, 0.3) is 0 Å². The zero-order valence-electron chi connectivity index (χ0n) is 12.0. The number of barbiturate groups is 1. The molecule has 1 N–H and O–H groups in total. The standard InChI is InChI=1S/C15H22N2O3/c1-10-2-4-11(5-3-10)6-9-17-13(19)15(7-8-15)12(18)16-14(17)20/h10-11H,2-9H2,1H3,(H,16,18,20). The summed E-state index contributed by atoms with van der Waals surface area (Å²) >= 11 is 0. The van der Waals surface area contributed by atoms with Crippen LogP contribution < -0.4 is 5.32 Å². The number of hydrogen-bond acceptors (Lipinski definition) is 3. The van der Waals surface area contributed by atoms with E-state index >= 15 is 0 Å². The minimum absolute atomic E-state index is 0.268. The Kier molecular flexibility index (Phi) is 3.30. The average molecular weight is 278 g/mol. The Morgan fingerprint density at radius 3 is 2.40 bits per heavy atom. The van der Waals surface area contributed by atoms with E-state index < -0.39 is 17.4 Å². The molecule has 20 heavy (non-hydrogen) atoms. The van der Waals surface area contributed by atoms with Gasteiger partial charge in [0.15, 0.2) is 0 Å². The van der Waals surface area contributed by atoms with Gasteiger partial charge < -0.3 is 0 Å². The van der Waals surface area contributed by atoms with Gasteiger partial charge in [-0.25, -0.2) is 4.79 Å². The zero-order valence-corrected chi connectivity index (χ0v) is 12.0. The van der Waals surface area contributed by atoms with E-state index in [2.05, 4.69) is 12.2 Å². The number of nitrogens with one attached hydrogen (secondary N) is 1. The highest BCUT2D eigenvalue weighted by molar-refractivity contribution is 6.20. The summed E-state index contributed by atoms with van der Waals surface area (Å²) in [6.45, 7) is 2.74. The van der Waals surface area contributed by atoms with Crippen LogP contribution in [-0.4, -0.2) is 29.3 Å². The van der Waals surface area contributed by atoms with Crippen LogP contribution in [0.4, 0.5) is 4.79 Å². The van der Waals surface area contributed by atoms with Crippen molar-refractivity contribution in [2.45, 2.75) is 51.9 Å². The van der Waals surface area contributed by atoms with E-state index in [4.69, 9.17) is 0 Å². The molecule has 3 aliphatic rings. The van der Waals surface area contributed by atoms with Crippen molar-refractivity contribution in [1.29, 1.82) is 0 Å². The maximum Gasteiger partial charge on any atom is 0.330 e. The predicted molar refractivity (Wildman–Crippen MR) is 72.7 cm³/mol. The van der Waals surface area contributed by atoms with Gasteiger partial charge in [-0.05, 0) is 31.1 Å². The van der Waals surface area contributed by atoms with Gasteiger partial charge in [-0.3, -0.25) is 19.8 Å². The summed E-state index contributed by atoms with van der Waals surface area (Å²) < 4.78 is 0. The van der Waals surface area contributed by atoms with E-state index in [1.54, 1.807) is 0 Å². The fraction of sp³-hybridized carbons (Fsp3) is 0.800. The molecule has 0 aromatic carbocycles. The Hall–Kier alpha value is -1.39. The quantitative estimate of drug-likeness (QED) is 0.804. The van der Waals surface area contributed by atoms with Crippen LogP contribution in [0.25, 0.3) is 0 Å². The molecule has 0 radical (unpaired) electrons. The number of nitrogens with zero attached hydrogens (tertiary/aromatic N) is 1. The molecule has 5 heteroatoms. The third kappa shape index (κ3) is 2.23. The summed E-state index contributed by atoms with van der Waals surface area (Å²) in [6.07, 6.45) is 6.91. The Balaban J connectivity index is 1.58. The van der Waals surface area contributed by atoms with E-state index in [-0.39, 0.29) is 5.91 Å². The monoisotopic (exact) mass is 278 g/mol. The van der Waals surface area contributed by atoms with E-state index in [0.29, 0.717) is 25.3 Å². The molecule has 110 valence electrons. The smallest absolute Gasteiger partial charge is 0.277 e. The number of imide groups is 2. The molecule has 0 aromatic heterocycles. The molecule has 1 spiro atoms. The van der Waals surface area contributed by atoms with Crippen molar-refractivity contribution in [2.24, 2.45) is 17.3 Å². The van der Waals surface area contributed by atoms with Crippen molar-refractivity contribution in [3.05, 3.63) is 0 Å². The van der Waals surface area contributed by atoms with Gasteiger partial charge in [-0.2, -0.15) is 0 Å². The highest BCUT2D eigenvalue weighted by atomic mass is 16.2. The van der Waals surface area contributed by atoms with Crippen molar-refractivity contribution >= 4 is 17.8 Å². The summed E-state index contributed by atoms with van der Waals surface area (Å²) in [6, 6.07) is -0.526. The second-order valence-electron chi connectivity index (χ2n) is 6.71. The second-order valence-corrected chi connectivity index (χ2v) is 6.71. The average Bonchev–Trinajstić information content (AvgIpc) is 3.21. The molecule has 1 aliphatic heterocycles. The van der Waals surface area contributed by atoms with Gasteiger partial charge in [0.2, 0.25) is 11.8 Å². The number of rotatable bonds is 3. The van der Waals surface area contributed by atoms with E-state index in [1.807, 2.05) is 0 Å². The summed E-state index contributed by atoms with van der Waals surface area (Å²) in [5, 5.41) is 2.33. The first kappa shape index (κ1) is 13.6. The van der Waals surface area contributed by atoms with Crippen LogP contribution in [0.2, 0.25) is 0 Å². The summed E-state index contributed by atoms with van der Waals surface area (Å²) in [5.41, 5.74) is -0.894. The first-order chi connectivity index (χ1) is 9.53. The van der Waals surface area contributed by atoms with Gasteiger partial charge in [-0.1, -0.05) is 32.6 Å². The lowest BCUT2D eigenvalue weighted by Crippen LogP contribution is -2.59. The largest absolute Gasteiger partial charge is 0.330 e. The lowest BCUT2D eigenvalue weighted by Gasteiger charge is -2.32. The molecule has 3 fully saturated rings. The molecular formula is C15H22N2O3. The lowest BCUT2D eigenvalue weighted by atomic mass is 9.81. The maximum absolute atomic E-state index is 12.3. The zero-order chi connectivity index (χ0) is 14.3. The van der Waals surface area contributed by atoms with E-state index in [1.165, 1.54) is 30.6 Å². The maximum atomic E-state index is 12.3. The van der Waals surface area contributed by atoms with Gasteiger partial charge in [0.05, 0.1) is 0 Å². The molecule has 3 rings (SSSR count). The van der Waals surface area contributed by atoms with Crippen LogP contribution in [0.15, 0.2) is 0 Å². The molecule has 1 heterocycles. The van der Waals surface area contributed by atoms with E-state index in [9.17, 15) is 14.4 Å². The Morgan fingerprint density at radius 1 is 1.15 bits per heavy atom. The van der Waals surface area contributed by atoms with Crippen molar-refractivity contribution in [3.8, 4) is 0 Å². The molecule has 0 bridgehead atoms. The first-order valence-electron chi connectivity index (χ1n) is 7.70. The normalized spacial score (nSPS) is 32.5. The fourth-order valence-corrected chi connectivity index (χ4v) is 3.43. The van der Waals surface area contributed by atoms with Gasteiger partial charge in [0.1, 0.15) is 5.41 Å². The van der Waals surface area contributed by atoms with E-state index in [0.717, 1.165) is 12.3 Å². The van der Waals surface area contributed by atoms with Crippen LogP contribution in [0, 0.1) is 17.3 Å². The highest BCUT2D eigenvalue weighted by Crippen LogP contribution is 2.49. The van der Waals surface area contributed by atoms with Crippen molar-refractivity contribution in [3.63, 3.8) is 0 Å². The molecule has 1 saturated heterocycles. The Morgan fingerprint density at radius 2 is 1.80 bits per heavy atom. The molecule has 4 amide bonds. The van der Waals surface area contributed by atoms with Crippen LogP contribution in [0.3, 0.4) is 0 Å². The topological polar surface area (TPSA) is 66.5 Å². The summed E-state index contributed by atoms with van der Waals surface area (Å²) in [7, 11) is 0. The van der Waals surface area contributed by atoms with Crippen LogP contribution in [0.5, 0.6) is 0 Å². The Labute approximate surface area is 119 Å². The predicted octanol–water partition coefficient (Wildman–Crippen LogP) is 2.06. The molecule has 2 saturated carbocycles. The second kappa shape index (κ2) is 4.86. The Bertz CT molecular complexity index is 448. The van der Waals surface area contributed by atoms with Crippen LogP contribution in [-0.2, 0) is 9.59 Å². The molecule has 0 aromatic rings. The molecular weight excluding hydrogens is 256 g/mol. The summed E-state index contributed by atoms with van der Waals surface area (Å²) in [4.78, 5) is 37.1. The fourth-order valence-electron chi connectivity index (χ4n) is 3.43. The molecule has 2 aliphatic carbocycles. The first-order valence-corrected chi connectivity index (χ1v) is 7.70. The summed E-state index contributed by atoms with van der Waals surface area (Å²) in [5.74, 6) is 0.753. The molecule has 0 atom stereocenters. The van der Waals surface area contributed by atoms with Crippen LogP contribution >= 0.6 is 0 Å². The number of amides is 4. The van der Waals surface area contributed by atoms with Crippen molar-refractivity contribution < 1.29 is 14.4 Å². The lowest BCUT2D eigenvalue weighted by molar-refractivity contribution is -0.144. The number of hydrogen-bond donors (Lipinski definition) is 1. The van der Waals surface area contributed by atoms with Gasteiger partial charge in [0, 0.05) is 6.54 Å². The number of carbonyl (C=O) groups excluding carboxylic acids is 3. The third-order valence-corrected chi connectivity index (χ3v) is 5.20. The third-order valence-electron chi connectivity index (χ3n) is 5.20. The van der Waals surface area contributed by atoms with Crippen molar-refractivity contribution in [2.75, 3.05) is 6.54 Å². The highest BCUT2D eigenvalue weighted by Gasteiger charge is 2.62. The minimum atomic E-state index is -0.894.